The molecule has 180 valence electrons. The van der Waals surface area contributed by atoms with Crippen LogP contribution in [-0.2, 0) is 5.54 Å². The number of ether oxygens (including phenoxy) is 1. The summed E-state index contributed by atoms with van der Waals surface area (Å²) in [6.07, 6.45) is 4.78. The molecule has 2 aromatic carbocycles. The second-order valence-corrected chi connectivity index (χ2v) is 9.15. The molecule has 0 amide bonds. The lowest BCUT2D eigenvalue weighted by molar-refractivity contribution is 0.253. The maximum Gasteiger partial charge on any atom is 0.165 e. The smallest absolute Gasteiger partial charge is 0.165 e. The fourth-order valence-electron chi connectivity index (χ4n) is 4.76. The highest BCUT2D eigenvalue weighted by Gasteiger charge is 2.34. The Balaban J connectivity index is 1.55. The second kappa shape index (κ2) is 8.42. The van der Waals surface area contributed by atoms with E-state index in [1.165, 1.54) is 13.2 Å². The van der Waals surface area contributed by atoms with E-state index in [2.05, 4.69) is 17.1 Å². The Labute approximate surface area is 207 Å². The first-order chi connectivity index (χ1) is 17.5. The Bertz CT molecular complexity index is 1590. The van der Waals surface area contributed by atoms with Crippen LogP contribution in [0.25, 0.3) is 39.5 Å². The fraction of sp³-hybridized carbons (Fsp3) is 0.179. The molecule has 0 radical (unpaired) electrons. The van der Waals surface area contributed by atoms with Crippen LogP contribution in [0, 0.1) is 5.82 Å². The summed E-state index contributed by atoms with van der Waals surface area (Å²) in [6.45, 7) is 0. The second-order valence-electron chi connectivity index (χ2n) is 9.15. The molecule has 7 nitrogen and oxygen atoms in total. The van der Waals surface area contributed by atoms with Crippen LogP contribution in [-0.4, -0.2) is 26.6 Å². The zero-order valence-corrected chi connectivity index (χ0v) is 19.8. The van der Waals surface area contributed by atoms with Crippen LogP contribution in [0.4, 0.5) is 10.2 Å². The Morgan fingerprint density at radius 1 is 1.00 bits per heavy atom. The average molecular weight is 481 g/mol. The number of pyridine rings is 2. The molecular weight excluding hydrogens is 455 g/mol. The van der Waals surface area contributed by atoms with E-state index in [1.807, 2.05) is 41.0 Å². The molecule has 0 saturated heterocycles. The SMILES string of the molecule is COc1cc(-c2ccc3nc(-c4cccnc4N)n(-c4ccc(C5(N)CCC5)cc4)c3n2)ccc1F. The molecule has 0 bridgehead atoms. The number of fused-ring (bicyclic) bond motifs is 1. The maximum absolute atomic E-state index is 14.0. The van der Waals surface area contributed by atoms with Crippen molar-refractivity contribution in [2.75, 3.05) is 12.8 Å². The Morgan fingerprint density at radius 3 is 2.50 bits per heavy atom. The van der Waals surface area contributed by atoms with Gasteiger partial charge in [0.05, 0.1) is 18.4 Å². The summed E-state index contributed by atoms with van der Waals surface area (Å²) in [5.41, 5.74) is 18.0. The minimum absolute atomic E-state index is 0.161. The molecule has 0 unspecified atom stereocenters. The summed E-state index contributed by atoms with van der Waals surface area (Å²) in [5.74, 6) is 0.750. The van der Waals surface area contributed by atoms with Gasteiger partial charge in [-0.1, -0.05) is 12.1 Å². The van der Waals surface area contributed by atoms with Crippen molar-refractivity contribution in [3.8, 4) is 34.1 Å². The number of aromatic nitrogens is 4. The van der Waals surface area contributed by atoms with Crippen molar-refractivity contribution in [1.29, 1.82) is 0 Å². The van der Waals surface area contributed by atoms with Crippen LogP contribution < -0.4 is 16.2 Å². The highest BCUT2D eigenvalue weighted by atomic mass is 19.1. The predicted octanol–water partition coefficient (Wildman–Crippen LogP) is 5.22. The van der Waals surface area contributed by atoms with E-state index in [1.54, 1.807) is 18.3 Å². The first-order valence-corrected chi connectivity index (χ1v) is 11.8. The number of hydrogen-bond donors (Lipinski definition) is 2. The highest BCUT2D eigenvalue weighted by Crippen LogP contribution is 2.39. The van der Waals surface area contributed by atoms with Gasteiger partial charge in [-0.3, -0.25) is 4.57 Å². The standard InChI is InChI=1S/C28H25FN6O/c1-36-24-16-17(5-10-21(24)29)22-11-12-23-27(33-22)35(26(34-23)20-4-2-15-32-25(20)30)19-8-6-18(7-9-19)28(31)13-3-14-28/h2,4-12,15-16H,3,13-14,31H2,1H3,(H2,30,32). The molecule has 36 heavy (non-hydrogen) atoms. The van der Waals surface area contributed by atoms with Crippen molar-refractivity contribution in [3.63, 3.8) is 0 Å². The number of nitrogens with zero attached hydrogens (tertiary/aromatic N) is 4. The van der Waals surface area contributed by atoms with Crippen LogP contribution in [0.3, 0.4) is 0 Å². The number of benzene rings is 2. The van der Waals surface area contributed by atoms with Crippen molar-refractivity contribution in [1.82, 2.24) is 19.5 Å². The molecular formula is C28H25FN6O. The van der Waals surface area contributed by atoms with Gasteiger partial charge < -0.3 is 16.2 Å². The van der Waals surface area contributed by atoms with Crippen LogP contribution in [0.2, 0.25) is 0 Å². The minimum atomic E-state index is -0.425. The zero-order valence-electron chi connectivity index (χ0n) is 19.8. The van der Waals surface area contributed by atoms with Gasteiger partial charge in [0, 0.05) is 23.0 Å². The van der Waals surface area contributed by atoms with Crippen molar-refractivity contribution >= 4 is 17.0 Å². The molecule has 5 aromatic rings. The molecule has 8 heteroatoms. The number of hydrogen-bond acceptors (Lipinski definition) is 6. The van der Waals surface area contributed by atoms with Gasteiger partial charge in [-0.05, 0) is 79.4 Å². The van der Waals surface area contributed by atoms with E-state index in [-0.39, 0.29) is 11.3 Å². The highest BCUT2D eigenvalue weighted by molar-refractivity contribution is 5.84. The molecule has 0 atom stereocenters. The summed E-state index contributed by atoms with van der Waals surface area (Å²) < 4.78 is 21.1. The van der Waals surface area contributed by atoms with Gasteiger partial charge in [-0.15, -0.1) is 0 Å². The van der Waals surface area contributed by atoms with Crippen LogP contribution >= 0.6 is 0 Å². The summed E-state index contributed by atoms with van der Waals surface area (Å²) >= 11 is 0. The minimum Gasteiger partial charge on any atom is -0.494 e. The number of methoxy groups -OCH3 is 1. The van der Waals surface area contributed by atoms with Gasteiger partial charge in [0.25, 0.3) is 0 Å². The molecule has 6 rings (SSSR count). The van der Waals surface area contributed by atoms with Gasteiger partial charge >= 0.3 is 0 Å². The molecule has 1 saturated carbocycles. The van der Waals surface area contributed by atoms with E-state index in [9.17, 15) is 4.39 Å². The largest absolute Gasteiger partial charge is 0.494 e. The van der Waals surface area contributed by atoms with Crippen LogP contribution in [0.5, 0.6) is 5.75 Å². The Morgan fingerprint density at radius 2 is 1.81 bits per heavy atom. The molecule has 0 spiro atoms. The van der Waals surface area contributed by atoms with Crippen LogP contribution in [0.15, 0.2) is 72.9 Å². The van der Waals surface area contributed by atoms with Crippen molar-refractivity contribution < 1.29 is 9.13 Å². The fourth-order valence-corrected chi connectivity index (χ4v) is 4.76. The number of nitrogen functional groups attached to an aromatic ring is 1. The Hall–Kier alpha value is -4.30. The van der Waals surface area contributed by atoms with E-state index in [0.717, 1.165) is 36.1 Å². The van der Waals surface area contributed by atoms with Gasteiger partial charge in [0.2, 0.25) is 0 Å². The molecule has 1 aliphatic rings. The molecule has 1 aliphatic carbocycles. The van der Waals surface area contributed by atoms with Crippen molar-refractivity contribution in [2.24, 2.45) is 5.73 Å². The van der Waals surface area contributed by atoms with Gasteiger partial charge in [0.1, 0.15) is 11.3 Å². The number of rotatable bonds is 5. The molecule has 3 heterocycles. The number of nitrogens with two attached hydrogens (primary N) is 2. The normalized spacial score (nSPS) is 14.5. The summed E-state index contributed by atoms with van der Waals surface area (Å²) in [6, 6.07) is 20.4. The van der Waals surface area contributed by atoms with E-state index in [4.69, 9.17) is 26.2 Å². The average Bonchev–Trinajstić information content (AvgIpc) is 3.26. The van der Waals surface area contributed by atoms with E-state index < -0.39 is 5.82 Å². The van der Waals surface area contributed by atoms with Crippen molar-refractivity contribution in [2.45, 2.75) is 24.8 Å². The molecule has 1 fully saturated rings. The lowest BCUT2D eigenvalue weighted by atomic mass is 9.73. The summed E-state index contributed by atoms with van der Waals surface area (Å²) in [7, 11) is 1.44. The maximum atomic E-state index is 14.0. The van der Waals surface area contributed by atoms with Gasteiger partial charge in [-0.25, -0.2) is 19.3 Å². The number of imidazole rings is 1. The first-order valence-electron chi connectivity index (χ1n) is 11.8. The van der Waals surface area contributed by atoms with Gasteiger partial charge in [0.15, 0.2) is 23.0 Å². The van der Waals surface area contributed by atoms with E-state index >= 15 is 0 Å². The third-order valence-corrected chi connectivity index (χ3v) is 6.98. The Kier molecular flexibility index (Phi) is 5.19. The number of halogens is 1. The summed E-state index contributed by atoms with van der Waals surface area (Å²) in [4.78, 5) is 14.1. The predicted molar refractivity (Wildman–Crippen MR) is 138 cm³/mol. The van der Waals surface area contributed by atoms with Crippen molar-refractivity contribution in [3.05, 3.63) is 84.3 Å². The number of anilines is 1. The quantitative estimate of drug-likeness (QED) is 0.357. The zero-order chi connectivity index (χ0) is 24.9. The lowest BCUT2D eigenvalue weighted by Gasteiger charge is -2.38. The third kappa shape index (κ3) is 3.58. The lowest BCUT2D eigenvalue weighted by Crippen LogP contribution is -2.43. The van der Waals surface area contributed by atoms with Gasteiger partial charge in [-0.2, -0.15) is 0 Å². The monoisotopic (exact) mass is 480 g/mol. The molecule has 0 aliphatic heterocycles. The topological polar surface area (TPSA) is 105 Å². The molecule has 4 N–H and O–H groups in total. The van der Waals surface area contributed by atoms with E-state index in [0.29, 0.717) is 34.1 Å². The van der Waals surface area contributed by atoms with Crippen LogP contribution in [0.1, 0.15) is 24.8 Å². The summed E-state index contributed by atoms with van der Waals surface area (Å²) in [5, 5.41) is 0. The first kappa shape index (κ1) is 22.2. The molecule has 3 aromatic heterocycles. The third-order valence-electron chi connectivity index (χ3n) is 6.98.